The van der Waals surface area contributed by atoms with Crippen LogP contribution in [0.4, 0.5) is 10.5 Å². The number of hydrogen-bond acceptors (Lipinski definition) is 7. The van der Waals surface area contributed by atoms with Crippen LogP contribution in [0, 0.1) is 13.8 Å². The van der Waals surface area contributed by atoms with E-state index in [1.807, 2.05) is 48.9 Å². The predicted octanol–water partition coefficient (Wildman–Crippen LogP) is 2.66. The molecule has 0 spiro atoms. The fraction of sp³-hybridized carbons (Fsp3) is 0.167. The Hall–Kier alpha value is -3.01. The number of benzene rings is 1. The minimum Gasteiger partial charge on any atom is -0.465 e. The van der Waals surface area contributed by atoms with Crippen molar-refractivity contribution in [3.63, 3.8) is 0 Å². The molecule has 0 radical (unpaired) electrons. The Bertz CT molecular complexity index is 941. The molecule has 2 amide bonds. The van der Waals surface area contributed by atoms with E-state index in [2.05, 4.69) is 9.97 Å². The van der Waals surface area contributed by atoms with Gasteiger partial charge in [0.1, 0.15) is 12.3 Å². The molecule has 0 bridgehead atoms. The number of nitrogens with zero attached hydrogens (tertiary/aromatic N) is 3. The highest BCUT2D eigenvalue weighted by Gasteiger charge is 2.17. The Morgan fingerprint density at radius 1 is 1.26 bits per heavy atom. The van der Waals surface area contributed by atoms with Crippen LogP contribution in [0.1, 0.15) is 16.7 Å². The summed E-state index contributed by atoms with van der Waals surface area (Å²) in [5.41, 5.74) is 6.86. The highest BCUT2D eigenvalue weighted by molar-refractivity contribution is 7.11. The van der Waals surface area contributed by atoms with Crippen LogP contribution in [0.3, 0.4) is 0 Å². The normalized spacial score (nSPS) is 10.5. The zero-order chi connectivity index (χ0) is 19.4. The summed E-state index contributed by atoms with van der Waals surface area (Å²) in [6, 6.07) is 8.74. The summed E-state index contributed by atoms with van der Waals surface area (Å²) in [6.07, 6.45) is 1.80. The average molecular weight is 384 g/mol. The zero-order valence-corrected chi connectivity index (χ0v) is 15.8. The summed E-state index contributed by atoms with van der Waals surface area (Å²) in [6.45, 7) is 4.11. The van der Waals surface area contributed by atoms with Crippen LogP contribution < -0.4 is 26.9 Å². The number of nitrogens with two attached hydrogens (primary N) is 2. The number of hydrazine groups is 2. The quantitative estimate of drug-likeness (QED) is 0.353. The SMILES string of the molecule is Cc1ccc(-c2csc(OCc3c(C)cccc3N(N)C(=O)NN)n2)nc1. The highest BCUT2D eigenvalue weighted by Crippen LogP contribution is 2.28. The molecule has 0 atom stereocenters. The molecule has 3 rings (SSSR count). The molecular weight excluding hydrogens is 364 g/mol. The minimum absolute atomic E-state index is 0.210. The van der Waals surface area contributed by atoms with Crippen molar-refractivity contribution in [3.05, 3.63) is 58.6 Å². The molecule has 0 unspecified atom stereocenters. The van der Waals surface area contributed by atoms with Crippen molar-refractivity contribution in [1.82, 2.24) is 15.4 Å². The van der Waals surface area contributed by atoms with Crippen molar-refractivity contribution in [2.45, 2.75) is 20.5 Å². The second-order valence-electron chi connectivity index (χ2n) is 5.90. The first-order valence-corrected chi connectivity index (χ1v) is 9.03. The van der Waals surface area contributed by atoms with Gasteiger partial charge >= 0.3 is 6.03 Å². The van der Waals surface area contributed by atoms with Gasteiger partial charge in [0.15, 0.2) is 0 Å². The Morgan fingerprint density at radius 2 is 2.07 bits per heavy atom. The molecule has 0 fully saturated rings. The van der Waals surface area contributed by atoms with E-state index in [-0.39, 0.29) is 6.61 Å². The van der Waals surface area contributed by atoms with Crippen molar-refractivity contribution in [1.29, 1.82) is 0 Å². The number of pyridine rings is 1. The number of aryl methyl sites for hydroxylation is 2. The number of ether oxygens (including phenoxy) is 1. The molecule has 27 heavy (non-hydrogen) atoms. The van der Waals surface area contributed by atoms with E-state index < -0.39 is 6.03 Å². The van der Waals surface area contributed by atoms with E-state index in [1.165, 1.54) is 11.3 Å². The molecule has 8 nitrogen and oxygen atoms in total. The highest BCUT2D eigenvalue weighted by atomic mass is 32.1. The number of hydrogen-bond donors (Lipinski definition) is 3. The number of thiazole rings is 1. The van der Waals surface area contributed by atoms with Gasteiger partial charge in [-0.3, -0.25) is 10.4 Å². The fourth-order valence-electron chi connectivity index (χ4n) is 2.47. The molecule has 0 saturated carbocycles. The molecule has 140 valence electrons. The van der Waals surface area contributed by atoms with Crippen molar-refractivity contribution >= 4 is 23.1 Å². The fourth-order valence-corrected chi connectivity index (χ4v) is 3.14. The van der Waals surface area contributed by atoms with Gasteiger partial charge in [0, 0.05) is 17.1 Å². The first kappa shape index (κ1) is 18.8. The first-order chi connectivity index (χ1) is 13.0. The van der Waals surface area contributed by atoms with E-state index in [0.717, 1.165) is 33.1 Å². The van der Waals surface area contributed by atoms with Crippen LogP contribution in [-0.4, -0.2) is 16.0 Å². The number of nitrogens with one attached hydrogen (secondary N) is 1. The summed E-state index contributed by atoms with van der Waals surface area (Å²) >= 11 is 1.38. The maximum Gasteiger partial charge on any atom is 0.350 e. The summed E-state index contributed by atoms with van der Waals surface area (Å²) in [5.74, 6) is 11.0. The topological polar surface area (TPSA) is 119 Å². The third kappa shape index (κ3) is 4.22. The molecule has 5 N–H and O–H groups in total. The molecule has 0 aliphatic carbocycles. The maximum atomic E-state index is 11.7. The summed E-state index contributed by atoms with van der Waals surface area (Å²) < 4.78 is 5.84. The lowest BCUT2D eigenvalue weighted by Gasteiger charge is -2.20. The van der Waals surface area contributed by atoms with Gasteiger partial charge < -0.3 is 4.74 Å². The Morgan fingerprint density at radius 3 is 2.78 bits per heavy atom. The standard InChI is InChI=1S/C18H20N6O2S/c1-11-6-7-14(21-8-11)15-10-27-18(22-15)26-9-13-12(2)4-3-5-16(13)24(20)17(25)23-19/h3-8,10H,9,19-20H2,1-2H3,(H,23,25). The molecule has 3 aromatic rings. The average Bonchev–Trinajstić information content (AvgIpc) is 3.15. The zero-order valence-electron chi connectivity index (χ0n) is 15.0. The van der Waals surface area contributed by atoms with Crippen molar-refractivity contribution in [2.24, 2.45) is 11.7 Å². The number of carbonyl (C=O) groups is 1. The monoisotopic (exact) mass is 384 g/mol. The molecule has 0 aliphatic heterocycles. The van der Waals surface area contributed by atoms with E-state index in [9.17, 15) is 4.79 Å². The number of amides is 2. The third-order valence-corrected chi connectivity index (χ3v) is 4.74. The van der Waals surface area contributed by atoms with Gasteiger partial charge in [0.25, 0.3) is 5.19 Å². The number of rotatable bonds is 5. The van der Waals surface area contributed by atoms with Gasteiger partial charge in [-0.2, -0.15) is 0 Å². The van der Waals surface area contributed by atoms with Crippen LogP contribution >= 0.6 is 11.3 Å². The van der Waals surface area contributed by atoms with Gasteiger partial charge in [-0.15, -0.1) is 0 Å². The number of urea groups is 1. The van der Waals surface area contributed by atoms with E-state index >= 15 is 0 Å². The number of aromatic nitrogens is 2. The van der Waals surface area contributed by atoms with Gasteiger partial charge in [-0.25, -0.2) is 26.5 Å². The molecular formula is C18H20N6O2S. The number of carbonyl (C=O) groups excluding carboxylic acids is 1. The van der Waals surface area contributed by atoms with Crippen molar-refractivity contribution in [3.8, 4) is 16.6 Å². The maximum absolute atomic E-state index is 11.7. The van der Waals surface area contributed by atoms with Crippen LogP contribution in [0.15, 0.2) is 41.9 Å². The lowest BCUT2D eigenvalue weighted by molar-refractivity contribution is 0.246. The largest absolute Gasteiger partial charge is 0.465 e. The second kappa shape index (κ2) is 8.12. The second-order valence-corrected chi connectivity index (χ2v) is 6.72. The van der Waals surface area contributed by atoms with Crippen LogP contribution in [0.25, 0.3) is 11.4 Å². The molecule has 1 aromatic carbocycles. The first-order valence-electron chi connectivity index (χ1n) is 8.15. The molecule has 0 saturated heterocycles. The minimum atomic E-state index is -0.621. The van der Waals surface area contributed by atoms with Gasteiger partial charge in [0.05, 0.1) is 11.4 Å². The third-order valence-electron chi connectivity index (χ3n) is 3.98. The van der Waals surface area contributed by atoms with Gasteiger partial charge in [0.2, 0.25) is 0 Å². The summed E-state index contributed by atoms with van der Waals surface area (Å²) in [5, 5.41) is 3.35. The Labute approximate surface area is 160 Å². The van der Waals surface area contributed by atoms with Crippen molar-refractivity contribution in [2.75, 3.05) is 5.01 Å². The summed E-state index contributed by atoms with van der Waals surface area (Å²) in [7, 11) is 0. The summed E-state index contributed by atoms with van der Waals surface area (Å²) in [4.78, 5) is 20.6. The number of anilines is 1. The van der Waals surface area contributed by atoms with Gasteiger partial charge in [-0.05, 0) is 37.1 Å². The van der Waals surface area contributed by atoms with Crippen LogP contribution in [0.2, 0.25) is 0 Å². The smallest absolute Gasteiger partial charge is 0.350 e. The van der Waals surface area contributed by atoms with E-state index in [0.29, 0.717) is 10.9 Å². The molecule has 0 aliphatic rings. The van der Waals surface area contributed by atoms with Crippen LogP contribution in [-0.2, 0) is 6.61 Å². The molecule has 2 heterocycles. The Kier molecular flexibility index (Phi) is 5.65. The lowest BCUT2D eigenvalue weighted by atomic mass is 10.1. The van der Waals surface area contributed by atoms with E-state index in [1.54, 1.807) is 12.3 Å². The van der Waals surface area contributed by atoms with Crippen molar-refractivity contribution < 1.29 is 9.53 Å². The predicted molar refractivity (Wildman–Crippen MR) is 105 cm³/mol. The van der Waals surface area contributed by atoms with Gasteiger partial charge in [-0.1, -0.05) is 29.5 Å². The Balaban J connectivity index is 1.77. The molecule has 2 aromatic heterocycles. The van der Waals surface area contributed by atoms with E-state index in [4.69, 9.17) is 16.4 Å². The van der Waals surface area contributed by atoms with Crippen LogP contribution in [0.5, 0.6) is 5.19 Å². The lowest BCUT2D eigenvalue weighted by Crippen LogP contribution is -2.48. The molecule has 9 heteroatoms.